The van der Waals surface area contributed by atoms with Crippen molar-refractivity contribution in [2.75, 3.05) is 0 Å². The van der Waals surface area contributed by atoms with Crippen LogP contribution in [0.5, 0.6) is 0 Å². The average Bonchev–Trinajstić information content (AvgIpc) is 3.20. The van der Waals surface area contributed by atoms with E-state index in [1.54, 1.807) is 17.7 Å². The van der Waals surface area contributed by atoms with Crippen molar-refractivity contribution in [3.8, 4) is 10.6 Å². The first-order valence-corrected chi connectivity index (χ1v) is 9.60. The average molecular weight is 404 g/mol. The molecule has 0 N–H and O–H groups in total. The lowest BCUT2D eigenvalue weighted by molar-refractivity contribution is 0.153. The normalized spacial score (nSPS) is 11.6. The van der Waals surface area contributed by atoms with Crippen molar-refractivity contribution in [3.63, 3.8) is 0 Å². The number of alkyl halides is 2. The summed E-state index contributed by atoms with van der Waals surface area (Å²) in [4.78, 5) is 6.65. The molecular formula is C20H16ClF2N3S. The highest BCUT2D eigenvalue weighted by atomic mass is 35.5. The summed E-state index contributed by atoms with van der Waals surface area (Å²) in [5.41, 5.74) is 2.35. The van der Waals surface area contributed by atoms with Gasteiger partial charge in [-0.3, -0.25) is 0 Å². The highest BCUT2D eigenvalue weighted by Crippen LogP contribution is 2.35. The number of hydrogen-bond acceptors (Lipinski definition) is 3. The van der Waals surface area contributed by atoms with Crippen LogP contribution in [-0.4, -0.2) is 14.8 Å². The molecule has 3 heterocycles. The van der Waals surface area contributed by atoms with E-state index in [1.807, 2.05) is 37.3 Å². The van der Waals surface area contributed by atoms with Crippen molar-refractivity contribution in [3.05, 3.63) is 69.2 Å². The minimum absolute atomic E-state index is 0.0380. The van der Waals surface area contributed by atoms with Crippen molar-refractivity contribution in [2.45, 2.75) is 26.8 Å². The van der Waals surface area contributed by atoms with Crippen molar-refractivity contribution in [2.24, 2.45) is 0 Å². The van der Waals surface area contributed by atoms with E-state index in [1.165, 1.54) is 17.4 Å². The molecule has 1 aromatic carbocycles. The van der Waals surface area contributed by atoms with Gasteiger partial charge in [-0.1, -0.05) is 29.8 Å². The Morgan fingerprint density at radius 3 is 2.59 bits per heavy atom. The zero-order valence-corrected chi connectivity index (χ0v) is 16.3. The predicted molar refractivity (Wildman–Crippen MR) is 106 cm³/mol. The summed E-state index contributed by atoms with van der Waals surface area (Å²) in [6, 6.07) is 12.8. The van der Waals surface area contributed by atoms with Crippen LogP contribution >= 0.6 is 22.9 Å². The molecule has 27 heavy (non-hydrogen) atoms. The number of hydrogen-bond donors (Lipinski definition) is 0. The second-order valence-electron chi connectivity index (χ2n) is 6.34. The SMILES string of the molecule is Cc1ccc(-c2cc(C(F)F)c3c(C)nn(Cc4ccccc4Cl)c3n2)s1. The molecule has 0 saturated carbocycles. The summed E-state index contributed by atoms with van der Waals surface area (Å²) in [6.45, 7) is 4.08. The zero-order chi connectivity index (χ0) is 19.1. The fraction of sp³-hybridized carbons (Fsp3) is 0.200. The van der Waals surface area contributed by atoms with Crippen LogP contribution in [0.15, 0.2) is 42.5 Å². The molecule has 138 valence electrons. The van der Waals surface area contributed by atoms with Gasteiger partial charge in [0.1, 0.15) is 0 Å². The fourth-order valence-electron chi connectivity index (χ4n) is 3.16. The first kappa shape index (κ1) is 18.1. The summed E-state index contributed by atoms with van der Waals surface area (Å²) >= 11 is 7.79. The zero-order valence-electron chi connectivity index (χ0n) is 14.7. The molecule has 0 amide bonds. The van der Waals surface area contributed by atoms with Crippen LogP contribution < -0.4 is 0 Å². The third kappa shape index (κ3) is 3.35. The van der Waals surface area contributed by atoms with E-state index >= 15 is 0 Å². The molecule has 3 nitrogen and oxygen atoms in total. The van der Waals surface area contributed by atoms with E-state index < -0.39 is 6.43 Å². The standard InChI is InChI=1S/C20H16ClF2N3S/c1-11-7-8-17(27-11)16-9-14(19(22)23)18-12(2)25-26(20(18)24-16)10-13-5-3-4-6-15(13)21/h3-9,19H,10H2,1-2H3. The van der Waals surface area contributed by atoms with Crippen molar-refractivity contribution >= 4 is 34.0 Å². The minimum atomic E-state index is -2.60. The van der Waals surface area contributed by atoms with Gasteiger partial charge in [-0.15, -0.1) is 11.3 Å². The Morgan fingerprint density at radius 2 is 1.93 bits per heavy atom. The van der Waals surface area contributed by atoms with Gasteiger partial charge in [0, 0.05) is 15.5 Å². The Labute approximate surface area is 164 Å². The van der Waals surface area contributed by atoms with Gasteiger partial charge in [0.15, 0.2) is 5.65 Å². The van der Waals surface area contributed by atoms with Crippen molar-refractivity contribution < 1.29 is 8.78 Å². The maximum absolute atomic E-state index is 13.8. The second kappa shape index (κ2) is 7.02. The molecule has 0 aliphatic carbocycles. The molecule has 0 saturated heterocycles. The van der Waals surface area contributed by atoms with Crippen LogP contribution in [0.3, 0.4) is 0 Å². The minimum Gasteiger partial charge on any atom is -0.242 e. The lowest BCUT2D eigenvalue weighted by atomic mass is 10.1. The van der Waals surface area contributed by atoms with E-state index in [-0.39, 0.29) is 5.56 Å². The maximum Gasteiger partial charge on any atom is 0.264 e. The summed E-state index contributed by atoms with van der Waals surface area (Å²) in [5, 5.41) is 5.50. The van der Waals surface area contributed by atoms with E-state index in [9.17, 15) is 8.78 Å². The van der Waals surface area contributed by atoms with Gasteiger partial charge in [-0.2, -0.15) is 5.10 Å². The molecule has 0 bridgehead atoms. The largest absolute Gasteiger partial charge is 0.264 e. The number of aromatic nitrogens is 3. The molecule has 0 aliphatic rings. The first-order valence-electron chi connectivity index (χ1n) is 8.40. The molecule has 7 heteroatoms. The number of rotatable bonds is 4. The third-order valence-electron chi connectivity index (χ3n) is 4.41. The smallest absolute Gasteiger partial charge is 0.242 e. The summed E-state index contributed by atoms with van der Waals surface area (Å²) < 4.78 is 29.2. The molecule has 0 spiro atoms. The number of aryl methyl sites for hydroxylation is 2. The van der Waals surface area contributed by atoms with Crippen LogP contribution in [0.25, 0.3) is 21.6 Å². The second-order valence-corrected chi connectivity index (χ2v) is 8.04. The van der Waals surface area contributed by atoms with Crippen LogP contribution in [-0.2, 0) is 6.54 Å². The summed E-state index contributed by atoms with van der Waals surface area (Å²) in [7, 11) is 0. The number of pyridine rings is 1. The van der Waals surface area contributed by atoms with Crippen LogP contribution in [0.4, 0.5) is 8.78 Å². The Balaban J connectivity index is 1.93. The number of thiophene rings is 1. The van der Waals surface area contributed by atoms with E-state index in [4.69, 9.17) is 11.6 Å². The molecule has 4 rings (SSSR count). The summed E-state index contributed by atoms with van der Waals surface area (Å²) in [5.74, 6) is 0. The van der Waals surface area contributed by atoms with Crippen molar-refractivity contribution in [1.29, 1.82) is 0 Å². The Bertz CT molecular complexity index is 1130. The van der Waals surface area contributed by atoms with E-state index in [0.717, 1.165) is 15.3 Å². The number of halogens is 3. The van der Waals surface area contributed by atoms with Crippen LogP contribution in [0, 0.1) is 13.8 Å². The van der Waals surface area contributed by atoms with Crippen LogP contribution in [0.1, 0.15) is 28.1 Å². The molecule has 3 aromatic heterocycles. The monoisotopic (exact) mass is 403 g/mol. The molecule has 4 aromatic rings. The van der Waals surface area contributed by atoms with E-state index in [0.29, 0.717) is 34.0 Å². The quantitative estimate of drug-likeness (QED) is 0.394. The molecule has 0 atom stereocenters. The van der Waals surface area contributed by atoms with Gasteiger partial charge in [-0.05, 0) is 43.7 Å². The molecule has 0 radical (unpaired) electrons. The lowest BCUT2D eigenvalue weighted by Crippen LogP contribution is -2.04. The van der Waals surface area contributed by atoms with E-state index in [2.05, 4.69) is 10.1 Å². The molecule has 0 fully saturated rings. The lowest BCUT2D eigenvalue weighted by Gasteiger charge is -2.08. The van der Waals surface area contributed by atoms with Crippen molar-refractivity contribution in [1.82, 2.24) is 14.8 Å². The van der Waals surface area contributed by atoms with Gasteiger partial charge in [0.2, 0.25) is 0 Å². The third-order valence-corrected chi connectivity index (χ3v) is 5.81. The Hall–Kier alpha value is -2.31. The maximum atomic E-state index is 13.8. The first-order chi connectivity index (χ1) is 12.9. The Morgan fingerprint density at radius 1 is 1.15 bits per heavy atom. The molecule has 0 aliphatic heterocycles. The fourth-order valence-corrected chi connectivity index (χ4v) is 4.18. The number of nitrogens with zero attached hydrogens (tertiary/aromatic N) is 3. The van der Waals surface area contributed by atoms with Gasteiger partial charge in [-0.25, -0.2) is 18.4 Å². The predicted octanol–water partition coefficient (Wildman–Crippen LogP) is 6.42. The molecule has 0 unspecified atom stereocenters. The highest BCUT2D eigenvalue weighted by Gasteiger charge is 2.21. The van der Waals surface area contributed by atoms with Gasteiger partial charge < -0.3 is 0 Å². The highest BCUT2D eigenvalue weighted by molar-refractivity contribution is 7.15. The topological polar surface area (TPSA) is 30.7 Å². The van der Waals surface area contributed by atoms with Gasteiger partial charge in [0.05, 0.1) is 28.2 Å². The van der Waals surface area contributed by atoms with Gasteiger partial charge >= 0.3 is 0 Å². The molecular weight excluding hydrogens is 388 g/mol. The number of benzene rings is 1. The Kier molecular flexibility index (Phi) is 4.70. The van der Waals surface area contributed by atoms with Gasteiger partial charge in [0.25, 0.3) is 6.43 Å². The van der Waals surface area contributed by atoms with Crippen LogP contribution in [0.2, 0.25) is 5.02 Å². The number of fused-ring (bicyclic) bond motifs is 1. The summed E-state index contributed by atoms with van der Waals surface area (Å²) in [6.07, 6.45) is -2.60.